The molecule has 6 heteroatoms. The molecule has 0 unspecified atom stereocenters. The molecule has 108 valence electrons. The van der Waals surface area contributed by atoms with Gasteiger partial charge in [-0.1, -0.05) is 12.1 Å². The van der Waals surface area contributed by atoms with Crippen LogP contribution in [0.5, 0.6) is 0 Å². The molecule has 2 N–H and O–H groups in total. The lowest BCUT2D eigenvalue weighted by Crippen LogP contribution is -2.43. The first-order valence-electron chi connectivity index (χ1n) is 6.16. The lowest BCUT2D eigenvalue weighted by atomic mass is 10.0. The van der Waals surface area contributed by atoms with Crippen molar-refractivity contribution in [1.29, 1.82) is 0 Å². The van der Waals surface area contributed by atoms with E-state index in [-0.39, 0.29) is 0 Å². The summed E-state index contributed by atoms with van der Waals surface area (Å²) in [6.45, 7) is 5.09. The van der Waals surface area contributed by atoms with E-state index in [2.05, 4.69) is 5.32 Å². The number of benzene rings is 1. The summed E-state index contributed by atoms with van der Waals surface area (Å²) < 4.78 is 5.05. The van der Waals surface area contributed by atoms with Crippen LogP contribution in [0.3, 0.4) is 0 Å². The highest BCUT2D eigenvalue weighted by molar-refractivity contribution is 5.98. The number of hydrogen-bond donors (Lipinski definition) is 2. The lowest BCUT2D eigenvalue weighted by molar-refractivity contribution is -0.127. The highest BCUT2D eigenvalue weighted by Gasteiger charge is 2.21. The van der Waals surface area contributed by atoms with Crippen LogP contribution in [-0.4, -0.2) is 31.1 Å². The van der Waals surface area contributed by atoms with E-state index in [0.29, 0.717) is 5.56 Å². The third kappa shape index (κ3) is 3.81. The molecular formula is C14H18N2O4. The van der Waals surface area contributed by atoms with E-state index < -0.39 is 24.0 Å². The van der Waals surface area contributed by atoms with Crippen LogP contribution in [-0.2, 0) is 9.53 Å². The van der Waals surface area contributed by atoms with Gasteiger partial charge in [-0.3, -0.25) is 10.1 Å². The smallest absolute Gasteiger partial charge is 0.339 e. The van der Waals surface area contributed by atoms with E-state index in [1.807, 2.05) is 18.3 Å². The number of ether oxygens (including phenoxy) is 1. The molecule has 0 saturated carbocycles. The Morgan fingerprint density at radius 1 is 1.20 bits per heavy atom. The quantitative estimate of drug-likeness (QED) is 0.816. The molecule has 3 amide bonds. The van der Waals surface area contributed by atoms with Gasteiger partial charge in [-0.2, -0.15) is 0 Å². The molecule has 0 saturated heterocycles. The number of nitrogens with one attached hydrogen (secondary N) is 2. The van der Waals surface area contributed by atoms with Gasteiger partial charge in [-0.25, -0.2) is 9.59 Å². The topological polar surface area (TPSA) is 84.5 Å². The average molecular weight is 278 g/mol. The zero-order chi connectivity index (χ0) is 15.3. The van der Waals surface area contributed by atoms with Crippen molar-refractivity contribution >= 4 is 17.9 Å². The Hall–Kier alpha value is -2.37. The second-order valence-electron chi connectivity index (χ2n) is 4.36. The van der Waals surface area contributed by atoms with Crippen LogP contribution < -0.4 is 10.6 Å². The van der Waals surface area contributed by atoms with Crippen molar-refractivity contribution in [3.05, 3.63) is 34.9 Å². The summed E-state index contributed by atoms with van der Waals surface area (Å²) in [5, 5.41) is 4.29. The normalized spacial score (nSPS) is 11.4. The van der Waals surface area contributed by atoms with Crippen LogP contribution in [0, 0.1) is 13.8 Å². The van der Waals surface area contributed by atoms with Crippen LogP contribution in [0.15, 0.2) is 18.2 Å². The molecule has 6 nitrogen and oxygen atoms in total. The first kappa shape index (κ1) is 15.7. The number of esters is 1. The molecule has 0 fully saturated rings. The SMILES string of the molecule is CNC(=O)NC(=O)[C@@H](C)OC(=O)c1cccc(C)c1C. The zero-order valence-corrected chi connectivity index (χ0v) is 11.9. The van der Waals surface area contributed by atoms with Crippen molar-refractivity contribution in [1.82, 2.24) is 10.6 Å². The minimum Gasteiger partial charge on any atom is -0.449 e. The molecule has 0 spiro atoms. The summed E-state index contributed by atoms with van der Waals surface area (Å²) in [5.41, 5.74) is 2.17. The number of aryl methyl sites for hydroxylation is 1. The molecule has 0 bridgehead atoms. The van der Waals surface area contributed by atoms with Crippen molar-refractivity contribution in [2.45, 2.75) is 26.9 Å². The maximum Gasteiger partial charge on any atom is 0.339 e. The van der Waals surface area contributed by atoms with E-state index in [0.717, 1.165) is 11.1 Å². The van der Waals surface area contributed by atoms with Gasteiger partial charge < -0.3 is 10.1 Å². The van der Waals surface area contributed by atoms with Crippen LogP contribution in [0.4, 0.5) is 4.79 Å². The molecule has 20 heavy (non-hydrogen) atoms. The van der Waals surface area contributed by atoms with E-state index in [4.69, 9.17) is 4.74 Å². The Kier molecular flexibility index (Phi) is 5.25. The maximum atomic E-state index is 12.0. The predicted molar refractivity (Wildman–Crippen MR) is 73.4 cm³/mol. The lowest BCUT2D eigenvalue weighted by Gasteiger charge is -2.14. The van der Waals surface area contributed by atoms with Gasteiger partial charge in [0.25, 0.3) is 5.91 Å². The Morgan fingerprint density at radius 3 is 2.45 bits per heavy atom. The molecule has 1 rings (SSSR count). The Labute approximate surface area is 117 Å². The largest absolute Gasteiger partial charge is 0.449 e. The average Bonchev–Trinajstić information content (AvgIpc) is 2.41. The third-order valence-corrected chi connectivity index (χ3v) is 2.94. The summed E-state index contributed by atoms with van der Waals surface area (Å²) in [5.74, 6) is -1.27. The third-order valence-electron chi connectivity index (χ3n) is 2.94. The second-order valence-corrected chi connectivity index (χ2v) is 4.36. The van der Waals surface area contributed by atoms with Crippen molar-refractivity contribution in [2.75, 3.05) is 7.05 Å². The van der Waals surface area contributed by atoms with Crippen LogP contribution >= 0.6 is 0 Å². The standard InChI is InChI=1S/C14H18N2O4/c1-8-6-5-7-11(9(8)2)13(18)20-10(3)12(17)16-14(19)15-4/h5-7,10H,1-4H3,(H2,15,16,17,19)/t10-/m1/s1. The molecule has 1 aromatic rings. The molecular weight excluding hydrogens is 260 g/mol. The molecule has 0 aliphatic carbocycles. The van der Waals surface area contributed by atoms with Gasteiger partial charge in [0.2, 0.25) is 0 Å². The van der Waals surface area contributed by atoms with Gasteiger partial charge in [-0.05, 0) is 38.0 Å². The van der Waals surface area contributed by atoms with Crippen molar-refractivity contribution < 1.29 is 19.1 Å². The van der Waals surface area contributed by atoms with Crippen LogP contribution in [0.25, 0.3) is 0 Å². The fraction of sp³-hybridized carbons (Fsp3) is 0.357. The first-order valence-corrected chi connectivity index (χ1v) is 6.16. The monoisotopic (exact) mass is 278 g/mol. The number of carbonyl (C=O) groups is 3. The predicted octanol–water partition coefficient (Wildman–Crippen LogP) is 1.30. The molecule has 1 atom stereocenters. The van der Waals surface area contributed by atoms with Gasteiger partial charge in [-0.15, -0.1) is 0 Å². The fourth-order valence-corrected chi connectivity index (χ4v) is 1.53. The van der Waals surface area contributed by atoms with Gasteiger partial charge >= 0.3 is 12.0 Å². The van der Waals surface area contributed by atoms with Crippen molar-refractivity contribution in [3.63, 3.8) is 0 Å². The number of urea groups is 1. The Balaban J connectivity index is 2.73. The van der Waals surface area contributed by atoms with E-state index >= 15 is 0 Å². The molecule has 0 aliphatic rings. The number of rotatable bonds is 3. The molecule has 0 aliphatic heterocycles. The second kappa shape index (κ2) is 6.70. The van der Waals surface area contributed by atoms with Crippen LogP contribution in [0.1, 0.15) is 28.4 Å². The number of hydrogen-bond acceptors (Lipinski definition) is 4. The van der Waals surface area contributed by atoms with E-state index in [1.165, 1.54) is 14.0 Å². The summed E-state index contributed by atoms with van der Waals surface area (Å²) in [4.78, 5) is 34.6. The van der Waals surface area contributed by atoms with Crippen molar-refractivity contribution in [3.8, 4) is 0 Å². The summed E-state index contributed by atoms with van der Waals surface area (Å²) in [7, 11) is 1.38. The summed E-state index contributed by atoms with van der Waals surface area (Å²) >= 11 is 0. The van der Waals surface area contributed by atoms with Gasteiger partial charge in [0.05, 0.1) is 5.56 Å². The molecule has 0 aromatic heterocycles. The zero-order valence-electron chi connectivity index (χ0n) is 11.9. The van der Waals surface area contributed by atoms with Gasteiger partial charge in [0.15, 0.2) is 6.10 Å². The molecule has 0 heterocycles. The van der Waals surface area contributed by atoms with Crippen LogP contribution in [0.2, 0.25) is 0 Å². The van der Waals surface area contributed by atoms with Crippen molar-refractivity contribution in [2.24, 2.45) is 0 Å². The molecule has 0 radical (unpaired) electrons. The minimum absolute atomic E-state index is 0.407. The summed E-state index contributed by atoms with van der Waals surface area (Å²) in [6, 6.07) is 4.61. The Bertz CT molecular complexity index is 540. The molecule has 1 aromatic carbocycles. The minimum atomic E-state index is -1.06. The van der Waals surface area contributed by atoms with Gasteiger partial charge in [0.1, 0.15) is 0 Å². The highest BCUT2D eigenvalue weighted by atomic mass is 16.5. The Morgan fingerprint density at radius 2 is 1.85 bits per heavy atom. The number of imide groups is 1. The first-order chi connectivity index (χ1) is 9.36. The fourth-order valence-electron chi connectivity index (χ4n) is 1.53. The maximum absolute atomic E-state index is 12.0. The highest BCUT2D eigenvalue weighted by Crippen LogP contribution is 2.14. The number of amides is 3. The van der Waals surface area contributed by atoms with E-state index in [1.54, 1.807) is 19.1 Å². The van der Waals surface area contributed by atoms with E-state index in [9.17, 15) is 14.4 Å². The van der Waals surface area contributed by atoms with Gasteiger partial charge in [0, 0.05) is 7.05 Å². The summed E-state index contributed by atoms with van der Waals surface area (Å²) in [6.07, 6.45) is -1.06. The number of carbonyl (C=O) groups excluding carboxylic acids is 3.